The lowest BCUT2D eigenvalue weighted by atomic mass is 10.1. The van der Waals surface area contributed by atoms with Gasteiger partial charge in [-0.1, -0.05) is 13.0 Å². The Morgan fingerprint density at radius 1 is 1.32 bits per heavy atom. The Labute approximate surface area is 123 Å². The van der Waals surface area contributed by atoms with Crippen LogP contribution in [0.3, 0.4) is 0 Å². The number of thiophene rings is 1. The molecule has 1 aromatic carbocycles. The van der Waals surface area contributed by atoms with E-state index in [1.807, 2.05) is 11.8 Å². The minimum Gasteiger partial charge on any atom is -0.370 e. The van der Waals surface area contributed by atoms with E-state index >= 15 is 0 Å². The van der Waals surface area contributed by atoms with Crippen LogP contribution < -0.4 is 10.6 Å². The number of rotatable bonds is 6. The van der Waals surface area contributed by atoms with Crippen LogP contribution in [0.2, 0.25) is 0 Å². The summed E-state index contributed by atoms with van der Waals surface area (Å²) < 4.78 is 0. The van der Waals surface area contributed by atoms with Crippen molar-refractivity contribution >= 4 is 28.8 Å². The molecule has 2 rings (SSSR count). The van der Waals surface area contributed by atoms with E-state index in [0.29, 0.717) is 6.54 Å². The van der Waals surface area contributed by atoms with Crippen LogP contribution in [0.4, 0.5) is 5.69 Å². The second-order valence-electron chi connectivity index (χ2n) is 4.38. The smallest absolute Gasteiger partial charge is 0.0434 e. The molecule has 0 amide bonds. The normalized spacial score (nSPS) is 10.7. The van der Waals surface area contributed by atoms with Crippen LogP contribution in [0.5, 0.6) is 0 Å². The first-order chi connectivity index (χ1) is 9.26. The fourth-order valence-corrected chi connectivity index (χ4v) is 3.66. The predicted molar refractivity (Wildman–Crippen MR) is 87.2 cm³/mol. The maximum Gasteiger partial charge on any atom is 0.0434 e. The van der Waals surface area contributed by atoms with Gasteiger partial charge in [0.05, 0.1) is 0 Å². The van der Waals surface area contributed by atoms with Crippen molar-refractivity contribution in [1.82, 2.24) is 0 Å². The summed E-state index contributed by atoms with van der Waals surface area (Å²) in [6.07, 6.45) is 0. The number of hydrogen-bond donors (Lipinski definition) is 1. The maximum atomic E-state index is 5.95. The van der Waals surface area contributed by atoms with E-state index in [9.17, 15) is 0 Å². The zero-order valence-electron chi connectivity index (χ0n) is 11.4. The van der Waals surface area contributed by atoms with Gasteiger partial charge in [-0.05, 0) is 40.3 Å². The van der Waals surface area contributed by atoms with Crippen LogP contribution in [0, 0.1) is 0 Å². The summed E-state index contributed by atoms with van der Waals surface area (Å²) in [7, 11) is 2.13. The summed E-state index contributed by atoms with van der Waals surface area (Å²) in [6, 6.07) is 8.62. The van der Waals surface area contributed by atoms with Gasteiger partial charge in [-0.3, -0.25) is 0 Å². The van der Waals surface area contributed by atoms with Crippen molar-refractivity contribution < 1.29 is 0 Å². The summed E-state index contributed by atoms with van der Waals surface area (Å²) in [5, 5.41) is 4.32. The van der Waals surface area contributed by atoms with Gasteiger partial charge in [-0.25, -0.2) is 0 Å². The second kappa shape index (κ2) is 6.98. The Bertz CT molecular complexity index is 509. The Morgan fingerprint density at radius 3 is 2.79 bits per heavy atom. The molecule has 0 fully saturated rings. The second-order valence-corrected chi connectivity index (χ2v) is 6.46. The molecular formula is C15H20N2S2. The van der Waals surface area contributed by atoms with Crippen molar-refractivity contribution in [3.63, 3.8) is 0 Å². The first kappa shape index (κ1) is 14.4. The fraction of sp³-hybridized carbons (Fsp3) is 0.333. The first-order valence-corrected chi connectivity index (χ1v) is 8.36. The predicted octanol–water partition coefficient (Wildman–Crippen LogP) is 3.96. The van der Waals surface area contributed by atoms with Gasteiger partial charge in [-0.15, -0.1) is 11.8 Å². The number of thioether (sulfide) groups is 1. The average Bonchev–Trinajstić information content (AvgIpc) is 2.91. The van der Waals surface area contributed by atoms with Crippen molar-refractivity contribution in [1.29, 1.82) is 0 Å². The highest BCUT2D eigenvalue weighted by Crippen LogP contribution is 2.30. The minimum atomic E-state index is 0.590. The van der Waals surface area contributed by atoms with Crippen LogP contribution in [0.1, 0.15) is 18.1 Å². The summed E-state index contributed by atoms with van der Waals surface area (Å²) in [4.78, 5) is 3.59. The zero-order valence-corrected chi connectivity index (χ0v) is 13.1. The van der Waals surface area contributed by atoms with E-state index in [2.05, 4.69) is 53.9 Å². The van der Waals surface area contributed by atoms with Crippen LogP contribution in [-0.2, 0) is 13.1 Å². The van der Waals surface area contributed by atoms with E-state index < -0.39 is 0 Å². The van der Waals surface area contributed by atoms with Crippen molar-refractivity contribution in [2.45, 2.75) is 24.9 Å². The molecule has 0 spiro atoms. The van der Waals surface area contributed by atoms with E-state index in [1.165, 1.54) is 21.7 Å². The van der Waals surface area contributed by atoms with Gasteiger partial charge in [0, 0.05) is 36.3 Å². The molecule has 0 radical (unpaired) electrons. The van der Waals surface area contributed by atoms with Crippen molar-refractivity contribution in [2.24, 2.45) is 5.73 Å². The highest BCUT2D eigenvalue weighted by Gasteiger charge is 2.11. The van der Waals surface area contributed by atoms with Crippen LogP contribution in [-0.4, -0.2) is 12.8 Å². The molecule has 2 aromatic rings. The van der Waals surface area contributed by atoms with E-state index in [1.54, 1.807) is 11.3 Å². The third-order valence-corrected chi connectivity index (χ3v) is 4.74. The fourth-order valence-electron chi connectivity index (χ4n) is 2.15. The highest BCUT2D eigenvalue weighted by molar-refractivity contribution is 7.99. The van der Waals surface area contributed by atoms with Gasteiger partial charge in [0.15, 0.2) is 0 Å². The molecule has 0 aliphatic rings. The van der Waals surface area contributed by atoms with Gasteiger partial charge in [0.2, 0.25) is 0 Å². The number of anilines is 1. The van der Waals surface area contributed by atoms with Crippen molar-refractivity contribution in [2.75, 3.05) is 17.7 Å². The number of nitrogens with two attached hydrogens (primary N) is 1. The van der Waals surface area contributed by atoms with Gasteiger partial charge >= 0.3 is 0 Å². The van der Waals surface area contributed by atoms with Gasteiger partial charge in [-0.2, -0.15) is 11.3 Å². The zero-order chi connectivity index (χ0) is 13.7. The van der Waals surface area contributed by atoms with Gasteiger partial charge in [0.25, 0.3) is 0 Å². The van der Waals surface area contributed by atoms with Crippen LogP contribution >= 0.6 is 23.1 Å². The van der Waals surface area contributed by atoms with Gasteiger partial charge in [0.1, 0.15) is 0 Å². The molecular weight excluding hydrogens is 272 g/mol. The molecule has 1 aromatic heterocycles. The molecule has 0 bridgehead atoms. The third-order valence-electron chi connectivity index (χ3n) is 3.02. The monoisotopic (exact) mass is 292 g/mol. The van der Waals surface area contributed by atoms with E-state index in [0.717, 1.165) is 12.3 Å². The molecule has 0 saturated heterocycles. The number of nitrogens with zero attached hydrogens (tertiary/aromatic N) is 1. The summed E-state index contributed by atoms with van der Waals surface area (Å²) in [5.74, 6) is 1.07. The number of benzene rings is 1. The molecule has 2 N–H and O–H groups in total. The largest absolute Gasteiger partial charge is 0.370 e. The molecule has 19 heavy (non-hydrogen) atoms. The first-order valence-electron chi connectivity index (χ1n) is 6.43. The Hall–Kier alpha value is -0.970. The lowest BCUT2D eigenvalue weighted by Gasteiger charge is -2.23. The maximum absolute atomic E-state index is 5.95. The third kappa shape index (κ3) is 3.53. The standard InChI is InChI=1S/C15H20N2S2/c1-3-19-15-6-4-5-14(13(15)9-16)17(2)10-12-7-8-18-11-12/h4-8,11H,3,9-10,16H2,1-2H3. The van der Waals surface area contributed by atoms with Crippen molar-refractivity contribution in [3.05, 3.63) is 46.2 Å². The highest BCUT2D eigenvalue weighted by atomic mass is 32.2. The summed E-state index contributed by atoms with van der Waals surface area (Å²) in [6.45, 7) is 3.69. The molecule has 1 heterocycles. The quantitative estimate of drug-likeness (QED) is 0.817. The van der Waals surface area contributed by atoms with Crippen LogP contribution in [0.25, 0.3) is 0 Å². The molecule has 0 saturated carbocycles. The van der Waals surface area contributed by atoms with Crippen molar-refractivity contribution in [3.8, 4) is 0 Å². The van der Waals surface area contributed by atoms with Gasteiger partial charge < -0.3 is 10.6 Å². The Morgan fingerprint density at radius 2 is 2.16 bits per heavy atom. The number of hydrogen-bond acceptors (Lipinski definition) is 4. The van der Waals surface area contributed by atoms with Crippen LogP contribution in [0.15, 0.2) is 39.9 Å². The summed E-state index contributed by atoms with van der Waals surface area (Å²) in [5.41, 5.74) is 9.81. The van der Waals surface area contributed by atoms with E-state index in [4.69, 9.17) is 5.73 Å². The molecule has 0 aliphatic heterocycles. The molecule has 0 atom stereocenters. The molecule has 0 unspecified atom stereocenters. The van der Waals surface area contributed by atoms with E-state index in [-0.39, 0.29) is 0 Å². The molecule has 102 valence electrons. The minimum absolute atomic E-state index is 0.590. The molecule has 2 nitrogen and oxygen atoms in total. The molecule has 4 heteroatoms. The average molecular weight is 292 g/mol. The SMILES string of the molecule is CCSc1cccc(N(C)Cc2ccsc2)c1CN. The Balaban J connectivity index is 2.25. The lowest BCUT2D eigenvalue weighted by Crippen LogP contribution is -2.19. The topological polar surface area (TPSA) is 29.3 Å². The summed E-state index contributed by atoms with van der Waals surface area (Å²) >= 11 is 3.60. The lowest BCUT2D eigenvalue weighted by molar-refractivity contribution is 0.897. The Kier molecular flexibility index (Phi) is 5.31. The molecule has 0 aliphatic carbocycles.